The number of nitrogens with one attached hydrogen (secondary N) is 2. The predicted octanol–water partition coefficient (Wildman–Crippen LogP) is 6.26. The van der Waals surface area contributed by atoms with Crippen LogP contribution in [0.15, 0.2) is 30.3 Å². The number of carbonyl (C=O) groups excluding carboxylic acids is 1. The van der Waals surface area contributed by atoms with Crippen LogP contribution in [0.1, 0.15) is 65.2 Å². The van der Waals surface area contributed by atoms with Crippen molar-refractivity contribution in [1.29, 1.82) is 0 Å². The summed E-state index contributed by atoms with van der Waals surface area (Å²) in [5, 5.41) is 7.00. The average molecular weight is 576 g/mol. The number of benzene rings is 2. The first-order chi connectivity index (χ1) is 18.4. The lowest BCUT2D eigenvalue weighted by molar-refractivity contribution is 0.0644. The molecular weight excluding hydrogens is 530 g/mol. The smallest absolute Gasteiger partial charge is 0.254 e. The summed E-state index contributed by atoms with van der Waals surface area (Å²) in [6, 6.07) is 9.64. The molecule has 2 aromatic carbocycles. The van der Waals surface area contributed by atoms with E-state index in [4.69, 9.17) is 19.2 Å². The van der Waals surface area contributed by atoms with Crippen LogP contribution in [0.25, 0.3) is 11.0 Å². The van der Waals surface area contributed by atoms with Crippen molar-refractivity contribution in [1.82, 2.24) is 19.8 Å². The van der Waals surface area contributed by atoms with E-state index in [1.807, 2.05) is 62.9 Å². The molecule has 0 saturated heterocycles. The molecule has 0 fully saturated rings. The Hall–Kier alpha value is -3.17. The Morgan fingerprint density at radius 2 is 1.57 bits per heavy atom. The van der Waals surface area contributed by atoms with Gasteiger partial charge in [0.15, 0.2) is 11.5 Å². The van der Waals surface area contributed by atoms with E-state index in [1.165, 1.54) is 0 Å². The topological polar surface area (TPSA) is 89.9 Å². The van der Waals surface area contributed by atoms with E-state index in [0.717, 1.165) is 29.7 Å². The molecular formula is C30H46ClN5O4. The monoisotopic (exact) mass is 575 g/mol. The van der Waals surface area contributed by atoms with Crippen molar-refractivity contribution < 1.29 is 19.0 Å². The lowest BCUT2D eigenvalue weighted by Gasteiger charge is -2.30. The number of fused-ring (bicyclic) bond motifs is 1. The number of aryl methyl sites for hydroxylation is 1. The molecule has 3 rings (SSSR count). The Labute approximate surface area is 245 Å². The highest BCUT2D eigenvalue weighted by Gasteiger charge is 2.23. The summed E-state index contributed by atoms with van der Waals surface area (Å²) in [7, 11) is 4.76. The number of rotatable bonds is 12. The van der Waals surface area contributed by atoms with Gasteiger partial charge in [-0.15, -0.1) is 12.4 Å². The first kappa shape index (κ1) is 33.0. The quantitative estimate of drug-likeness (QED) is 0.246. The predicted molar refractivity (Wildman–Crippen MR) is 165 cm³/mol. The molecule has 0 unspecified atom stereocenters. The molecule has 0 radical (unpaired) electrons. The van der Waals surface area contributed by atoms with Crippen molar-refractivity contribution in [2.75, 3.05) is 33.2 Å². The molecule has 1 heterocycles. The molecule has 1 amide bonds. The van der Waals surface area contributed by atoms with Gasteiger partial charge >= 0.3 is 0 Å². The summed E-state index contributed by atoms with van der Waals surface area (Å²) < 4.78 is 18.7. The third kappa shape index (κ3) is 7.73. The second-order valence-corrected chi connectivity index (χ2v) is 11.3. The number of aromatic nitrogens is 2. The largest absolute Gasteiger partial charge is 0.493 e. The van der Waals surface area contributed by atoms with Crippen LogP contribution >= 0.6 is 12.4 Å². The first-order valence-corrected chi connectivity index (χ1v) is 13.5. The zero-order valence-corrected chi connectivity index (χ0v) is 26.4. The molecule has 1 aromatic heterocycles. The van der Waals surface area contributed by atoms with E-state index >= 15 is 0 Å². The highest BCUT2D eigenvalue weighted by Crippen LogP contribution is 2.40. The third-order valence-corrected chi connectivity index (χ3v) is 6.48. The fourth-order valence-electron chi connectivity index (χ4n) is 4.77. The molecule has 222 valence electrons. The molecule has 40 heavy (non-hydrogen) atoms. The molecule has 0 bridgehead atoms. The Morgan fingerprint density at radius 3 is 2.08 bits per heavy atom. The van der Waals surface area contributed by atoms with Gasteiger partial charge in [0, 0.05) is 47.6 Å². The standard InChI is InChI=1S/C30H45N5O4.ClH/c1-19(2)35(20(3)4)28(36)21-12-13-23-24(16-21)34(15-11-14-31-30(5,6)7)29(33-23)32-22-17-25(37-8)27(39-10)26(18-22)38-9;/h12-13,16-20,31H,11,14-15H2,1-10H3,(H,32,33);1H. The number of carbonyl (C=O) groups is 1. The van der Waals surface area contributed by atoms with Gasteiger partial charge in [0.1, 0.15) is 0 Å². The van der Waals surface area contributed by atoms with Crippen LogP contribution in [-0.2, 0) is 6.54 Å². The lowest BCUT2D eigenvalue weighted by Crippen LogP contribution is -2.42. The van der Waals surface area contributed by atoms with Crippen molar-refractivity contribution >= 4 is 41.0 Å². The van der Waals surface area contributed by atoms with Crippen molar-refractivity contribution in [3.8, 4) is 17.2 Å². The molecule has 0 atom stereocenters. The van der Waals surface area contributed by atoms with Crippen molar-refractivity contribution in [3.63, 3.8) is 0 Å². The van der Waals surface area contributed by atoms with Gasteiger partial charge in [-0.1, -0.05) is 0 Å². The second kappa shape index (κ2) is 13.9. The van der Waals surface area contributed by atoms with Crippen LogP contribution in [0.4, 0.5) is 11.6 Å². The highest BCUT2D eigenvalue weighted by atomic mass is 35.5. The average Bonchev–Trinajstić information content (AvgIpc) is 3.20. The van der Waals surface area contributed by atoms with Gasteiger partial charge in [-0.25, -0.2) is 4.98 Å². The number of imidazole rings is 1. The maximum atomic E-state index is 13.5. The Kier molecular flexibility index (Phi) is 11.5. The minimum absolute atomic E-state index is 0. The maximum Gasteiger partial charge on any atom is 0.254 e. The lowest BCUT2D eigenvalue weighted by atomic mass is 10.1. The number of anilines is 2. The normalized spacial score (nSPS) is 11.5. The van der Waals surface area contributed by atoms with E-state index in [1.54, 1.807) is 21.3 Å². The van der Waals surface area contributed by atoms with Crippen LogP contribution in [0, 0.1) is 0 Å². The number of ether oxygens (including phenoxy) is 3. The fraction of sp³-hybridized carbons (Fsp3) is 0.533. The summed E-state index contributed by atoms with van der Waals surface area (Å²) in [6.07, 6.45) is 0.884. The van der Waals surface area contributed by atoms with E-state index in [9.17, 15) is 4.79 Å². The number of amides is 1. The SMILES string of the molecule is COc1cc(Nc2nc3ccc(C(=O)N(C(C)C)C(C)C)cc3n2CCCNC(C)(C)C)cc(OC)c1OC.Cl. The molecule has 0 spiro atoms. The number of hydrogen-bond acceptors (Lipinski definition) is 7. The number of hydrogen-bond donors (Lipinski definition) is 2. The third-order valence-electron chi connectivity index (χ3n) is 6.48. The molecule has 10 heteroatoms. The minimum Gasteiger partial charge on any atom is -0.493 e. The molecule has 0 saturated carbocycles. The van der Waals surface area contributed by atoms with E-state index in [-0.39, 0.29) is 35.9 Å². The maximum absolute atomic E-state index is 13.5. The molecule has 2 N–H and O–H groups in total. The van der Waals surface area contributed by atoms with E-state index < -0.39 is 0 Å². The summed E-state index contributed by atoms with van der Waals surface area (Å²) in [4.78, 5) is 20.3. The minimum atomic E-state index is 0. The van der Waals surface area contributed by atoms with Crippen LogP contribution in [0.5, 0.6) is 17.2 Å². The molecule has 3 aromatic rings. The van der Waals surface area contributed by atoms with Crippen LogP contribution < -0.4 is 24.8 Å². The molecule has 9 nitrogen and oxygen atoms in total. The van der Waals surface area contributed by atoms with Gasteiger partial charge in [0.05, 0.1) is 32.4 Å². The summed E-state index contributed by atoms with van der Waals surface area (Å²) in [6.45, 7) is 16.2. The zero-order valence-electron chi connectivity index (χ0n) is 25.5. The summed E-state index contributed by atoms with van der Waals surface area (Å²) in [5.41, 5.74) is 3.14. The first-order valence-electron chi connectivity index (χ1n) is 13.5. The van der Waals surface area contributed by atoms with E-state index in [2.05, 4.69) is 36.0 Å². The molecule has 0 aliphatic heterocycles. The van der Waals surface area contributed by atoms with Gasteiger partial charge < -0.3 is 34.3 Å². The van der Waals surface area contributed by atoms with Crippen molar-refractivity contribution in [2.45, 2.75) is 79.1 Å². The number of halogens is 1. The number of methoxy groups -OCH3 is 3. The van der Waals surface area contributed by atoms with Crippen LogP contribution in [-0.4, -0.2) is 65.9 Å². The van der Waals surface area contributed by atoms with Gasteiger partial charge in [0.2, 0.25) is 11.7 Å². The van der Waals surface area contributed by atoms with Crippen LogP contribution in [0.2, 0.25) is 0 Å². The Bertz CT molecular complexity index is 1250. The van der Waals surface area contributed by atoms with Gasteiger partial charge in [-0.05, 0) is 79.6 Å². The van der Waals surface area contributed by atoms with Crippen molar-refractivity contribution in [3.05, 3.63) is 35.9 Å². The van der Waals surface area contributed by atoms with Gasteiger partial charge in [-0.3, -0.25) is 4.79 Å². The van der Waals surface area contributed by atoms with Crippen LogP contribution in [0.3, 0.4) is 0 Å². The van der Waals surface area contributed by atoms with Crippen molar-refractivity contribution in [2.24, 2.45) is 0 Å². The summed E-state index contributed by atoms with van der Waals surface area (Å²) >= 11 is 0. The zero-order chi connectivity index (χ0) is 28.9. The highest BCUT2D eigenvalue weighted by molar-refractivity contribution is 5.98. The molecule has 0 aliphatic rings. The fourth-order valence-corrected chi connectivity index (χ4v) is 4.77. The van der Waals surface area contributed by atoms with Gasteiger partial charge in [0.25, 0.3) is 5.91 Å². The second-order valence-electron chi connectivity index (χ2n) is 11.3. The molecule has 0 aliphatic carbocycles. The Balaban J connectivity index is 0.00000560. The number of nitrogens with zero attached hydrogens (tertiary/aromatic N) is 3. The van der Waals surface area contributed by atoms with Gasteiger partial charge in [-0.2, -0.15) is 0 Å². The summed E-state index contributed by atoms with van der Waals surface area (Å²) in [5.74, 6) is 2.31. The van der Waals surface area contributed by atoms with E-state index in [0.29, 0.717) is 35.3 Å². The Morgan fingerprint density at radius 1 is 0.975 bits per heavy atom.